The Kier molecular flexibility index (Phi) is 4.94. The predicted octanol–water partition coefficient (Wildman–Crippen LogP) is 2.50. The lowest BCUT2D eigenvalue weighted by Gasteiger charge is -2.26. The molecule has 0 amide bonds. The van der Waals surface area contributed by atoms with E-state index in [4.69, 9.17) is 0 Å². The molecule has 0 unspecified atom stereocenters. The largest absolute Gasteiger partial charge is 0.390 e. The smallest absolute Gasteiger partial charge is 0.314 e. The molecule has 0 radical (unpaired) electrons. The number of halogens is 4. The van der Waals surface area contributed by atoms with Crippen LogP contribution in [0.15, 0.2) is 0 Å². The molecule has 0 spiro atoms. The molecule has 0 bridgehead atoms. The third-order valence-electron chi connectivity index (χ3n) is 1.95. The first-order valence-electron chi connectivity index (χ1n) is 3.88. The molecule has 0 saturated heterocycles. The van der Waals surface area contributed by atoms with Crippen LogP contribution in [0.3, 0.4) is 0 Å². The molecule has 1 aliphatic rings. The summed E-state index contributed by atoms with van der Waals surface area (Å²) in [4.78, 5) is 0. The molecule has 0 heterocycles. The van der Waals surface area contributed by atoms with Gasteiger partial charge in [-0.15, -0.1) is 12.4 Å². The van der Waals surface area contributed by atoms with Gasteiger partial charge >= 0.3 is 6.18 Å². The highest BCUT2D eigenvalue weighted by atomic mass is 35.5. The van der Waals surface area contributed by atoms with Crippen LogP contribution in [0.4, 0.5) is 13.2 Å². The van der Waals surface area contributed by atoms with E-state index in [1.54, 1.807) is 0 Å². The summed E-state index contributed by atoms with van der Waals surface area (Å²) < 4.78 is 34.8. The van der Waals surface area contributed by atoms with Crippen LogP contribution in [0.5, 0.6) is 0 Å². The fraction of sp³-hybridized carbons (Fsp3) is 1.00. The summed E-state index contributed by atoms with van der Waals surface area (Å²) in [5, 5.41) is 2.86. The second-order valence-electron chi connectivity index (χ2n) is 2.95. The number of alkyl halides is 3. The standard InChI is InChI=1S/C7H12F3N.ClH/c8-7(9,10)4-5-11-6-2-1-3-6;/h6,11H,1-5H2;1H. The van der Waals surface area contributed by atoms with Crippen molar-refractivity contribution in [1.82, 2.24) is 5.32 Å². The van der Waals surface area contributed by atoms with Gasteiger partial charge < -0.3 is 5.32 Å². The van der Waals surface area contributed by atoms with Crippen LogP contribution in [0.1, 0.15) is 25.7 Å². The Labute approximate surface area is 76.1 Å². The summed E-state index contributed by atoms with van der Waals surface area (Å²) in [7, 11) is 0. The summed E-state index contributed by atoms with van der Waals surface area (Å²) in [6, 6.07) is 0.359. The predicted molar refractivity (Wildman–Crippen MR) is 43.6 cm³/mol. The highest BCUT2D eigenvalue weighted by Crippen LogP contribution is 2.21. The van der Waals surface area contributed by atoms with Gasteiger partial charge in [0, 0.05) is 12.6 Å². The van der Waals surface area contributed by atoms with Gasteiger partial charge in [0.2, 0.25) is 0 Å². The first-order valence-corrected chi connectivity index (χ1v) is 3.88. The van der Waals surface area contributed by atoms with Crippen LogP contribution in [-0.2, 0) is 0 Å². The summed E-state index contributed by atoms with van der Waals surface area (Å²) in [6.45, 7) is 0.0775. The van der Waals surface area contributed by atoms with E-state index in [9.17, 15) is 13.2 Å². The number of nitrogens with one attached hydrogen (secondary N) is 1. The number of hydrogen-bond donors (Lipinski definition) is 1. The van der Waals surface area contributed by atoms with Gasteiger partial charge in [0.05, 0.1) is 6.42 Å². The van der Waals surface area contributed by atoms with Crippen LogP contribution in [0.2, 0.25) is 0 Å². The molecule has 74 valence electrons. The molecule has 0 aromatic heterocycles. The van der Waals surface area contributed by atoms with Crippen LogP contribution < -0.4 is 5.32 Å². The molecule has 0 aliphatic heterocycles. The maximum atomic E-state index is 11.6. The van der Waals surface area contributed by atoms with Gasteiger partial charge in [0.15, 0.2) is 0 Å². The Morgan fingerprint density at radius 2 is 1.83 bits per heavy atom. The topological polar surface area (TPSA) is 12.0 Å². The van der Waals surface area contributed by atoms with Crippen LogP contribution in [0, 0.1) is 0 Å². The van der Waals surface area contributed by atoms with Crippen molar-refractivity contribution in [2.24, 2.45) is 0 Å². The zero-order valence-corrected chi connectivity index (χ0v) is 7.47. The van der Waals surface area contributed by atoms with Crippen LogP contribution >= 0.6 is 12.4 Å². The van der Waals surface area contributed by atoms with Crippen molar-refractivity contribution >= 4 is 12.4 Å². The van der Waals surface area contributed by atoms with Gasteiger partial charge in [-0.05, 0) is 12.8 Å². The average Bonchev–Trinajstić information content (AvgIpc) is 1.73. The molecule has 0 aromatic rings. The molecule has 0 aromatic carbocycles. The fourth-order valence-electron chi connectivity index (χ4n) is 1.03. The molecule has 1 aliphatic carbocycles. The fourth-order valence-corrected chi connectivity index (χ4v) is 1.03. The third kappa shape index (κ3) is 4.83. The van der Waals surface area contributed by atoms with E-state index >= 15 is 0 Å². The summed E-state index contributed by atoms with van der Waals surface area (Å²) in [5.41, 5.74) is 0. The molecule has 1 fully saturated rings. The maximum absolute atomic E-state index is 11.6. The molecule has 1 rings (SSSR count). The average molecular weight is 204 g/mol. The zero-order chi connectivity index (χ0) is 8.32. The highest BCUT2D eigenvalue weighted by Gasteiger charge is 2.27. The van der Waals surface area contributed by atoms with E-state index in [0.29, 0.717) is 6.04 Å². The van der Waals surface area contributed by atoms with Crippen molar-refractivity contribution < 1.29 is 13.2 Å². The maximum Gasteiger partial charge on any atom is 0.390 e. The Hall–Kier alpha value is 0.0400. The Bertz CT molecular complexity index is 122. The van der Waals surface area contributed by atoms with Crippen LogP contribution in [-0.4, -0.2) is 18.8 Å². The lowest BCUT2D eigenvalue weighted by molar-refractivity contribution is -0.133. The molecular formula is C7H13ClF3N. The summed E-state index contributed by atoms with van der Waals surface area (Å²) in [6.07, 6.45) is -1.47. The second kappa shape index (κ2) is 4.92. The molecule has 12 heavy (non-hydrogen) atoms. The van der Waals surface area contributed by atoms with Crippen LogP contribution in [0.25, 0.3) is 0 Å². The lowest BCUT2D eigenvalue weighted by Crippen LogP contribution is -2.37. The SMILES string of the molecule is Cl.FC(F)(F)CCNC1CCC1. The Balaban J connectivity index is 0.00000121. The summed E-state index contributed by atoms with van der Waals surface area (Å²) >= 11 is 0. The zero-order valence-electron chi connectivity index (χ0n) is 6.66. The van der Waals surface area contributed by atoms with E-state index < -0.39 is 12.6 Å². The van der Waals surface area contributed by atoms with E-state index in [1.165, 1.54) is 0 Å². The van der Waals surface area contributed by atoms with Crippen molar-refractivity contribution in [2.45, 2.75) is 37.9 Å². The minimum Gasteiger partial charge on any atom is -0.314 e. The Morgan fingerprint density at radius 1 is 1.25 bits per heavy atom. The van der Waals surface area contributed by atoms with Gasteiger partial charge in [0.1, 0.15) is 0 Å². The van der Waals surface area contributed by atoms with Crippen molar-refractivity contribution in [3.63, 3.8) is 0 Å². The quantitative estimate of drug-likeness (QED) is 0.743. The first-order chi connectivity index (χ1) is 5.08. The minimum atomic E-state index is -4.00. The van der Waals surface area contributed by atoms with Crippen molar-refractivity contribution in [3.8, 4) is 0 Å². The van der Waals surface area contributed by atoms with Gasteiger partial charge in [-0.2, -0.15) is 13.2 Å². The Morgan fingerprint density at radius 3 is 2.17 bits per heavy atom. The second-order valence-corrected chi connectivity index (χ2v) is 2.95. The summed E-state index contributed by atoms with van der Waals surface area (Å²) in [5.74, 6) is 0. The molecule has 1 nitrogen and oxygen atoms in total. The molecule has 1 N–H and O–H groups in total. The highest BCUT2D eigenvalue weighted by molar-refractivity contribution is 5.85. The minimum absolute atomic E-state index is 0. The number of hydrogen-bond acceptors (Lipinski definition) is 1. The van der Waals surface area contributed by atoms with Gasteiger partial charge in [-0.1, -0.05) is 6.42 Å². The normalized spacial score (nSPS) is 18.2. The van der Waals surface area contributed by atoms with E-state index in [-0.39, 0.29) is 19.0 Å². The van der Waals surface area contributed by atoms with Crippen molar-refractivity contribution in [2.75, 3.05) is 6.54 Å². The molecule has 1 saturated carbocycles. The number of rotatable bonds is 3. The first kappa shape index (κ1) is 12.0. The third-order valence-corrected chi connectivity index (χ3v) is 1.95. The lowest BCUT2D eigenvalue weighted by atomic mass is 9.93. The molecule has 5 heteroatoms. The monoisotopic (exact) mass is 203 g/mol. The van der Waals surface area contributed by atoms with E-state index in [1.807, 2.05) is 0 Å². The van der Waals surface area contributed by atoms with E-state index in [2.05, 4.69) is 5.32 Å². The van der Waals surface area contributed by atoms with Gasteiger partial charge in [-0.25, -0.2) is 0 Å². The van der Waals surface area contributed by atoms with Crippen molar-refractivity contribution in [3.05, 3.63) is 0 Å². The molecular weight excluding hydrogens is 191 g/mol. The van der Waals surface area contributed by atoms with Gasteiger partial charge in [-0.3, -0.25) is 0 Å². The molecule has 0 atom stereocenters. The van der Waals surface area contributed by atoms with Gasteiger partial charge in [0.25, 0.3) is 0 Å². The van der Waals surface area contributed by atoms with Crippen molar-refractivity contribution in [1.29, 1.82) is 0 Å². The van der Waals surface area contributed by atoms with E-state index in [0.717, 1.165) is 19.3 Å².